The molecule has 0 radical (unpaired) electrons. The van der Waals surface area contributed by atoms with Crippen molar-refractivity contribution in [3.8, 4) is 17.0 Å². The zero-order valence-corrected chi connectivity index (χ0v) is 17.3. The van der Waals surface area contributed by atoms with E-state index in [1.165, 1.54) is 0 Å². The number of methoxy groups -OCH3 is 1. The molecule has 152 valence electrons. The predicted molar refractivity (Wildman–Crippen MR) is 117 cm³/mol. The van der Waals surface area contributed by atoms with Crippen LogP contribution in [-0.4, -0.2) is 27.7 Å². The van der Waals surface area contributed by atoms with Gasteiger partial charge in [0, 0.05) is 11.3 Å². The van der Waals surface area contributed by atoms with Crippen LogP contribution in [0.25, 0.3) is 16.9 Å². The number of benzene rings is 2. The lowest BCUT2D eigenvalue weighted by Crippen LogP contribution is -2.29. The molecule has 2 aromatic carbocycles. The second-order valence-electron chi connectivity index (χ2n) is 6.74. The Labute approximate surface area is 178 Å². The molecule has 2 heterocycles. The monoisotopic (exact) mass is 421 g/mol. The van der Waals surface area contributed by atoms with Crippen LogP contribution in [0.15, 0.2) is 60.7 Å². The highest BCUT2D eigenvalue weighted by molar-refractivity contribution is 6.29. The lowest BCUT2D eigenvalue weighted by Gasteiger charge is -2.09. The predicted octanol–water partition coefficient (Wildman–Crippen LogP) is 4.69. The number of halogens is 1. The zero-order valence-electron chi connectivity index (χ0n) is 16.5. The van der Waals surface area contributed by atoms with Crippen molar-refractivity contribution in [2.45, 2.75) is 13.5 Å². The van der Waals surface area contributed by atoms with Gasteiger partial charge in [0.2, 0.25) is 0 Å². The lowest BCUT2D eigenvalue weighted by atomic mass is 10.1. The number of nitrogens with one attached hydrogen (secondary N) is 2. The van der Waals surface area contributed by atoms with Gasteiger partial charge in [-0.1, -0.05) is 41.4 Å². The summed E-state index contributed by atoms with van der Waals surface area (Å²) < 4.78 is 6.79. The smallest absolute Gasteiger partial charge is 0.319 e. The van der Waals surface area contributed by atoms with Crippen molar-refractivity contribution < 1.29 is 9.53 Å². The molecule has 0 saturated carbocycles. The first-order valence-corrected chi connectivity index (χ1v) is 9.71. The topological polar surface area (TPSA) is 80.5 Å². The second-order valence-corrected chi connectivity index (χ2v) is 7.12. The maximum Gasteiger partial charge on any atom is 0.319 e. The summed E-state index contributed by atoms with van der Waals surface area (Å²) in [6.07, 6.45) is 0. The average molecular weight is 422 g/mol. The Kier molecular flexibility index (Phi) is 5.54. The third-order valence-electron chi connectivity index (χ3n) is 4.63. The van der Waals surface area contributed by atoms with Crippen molar-refractivity contribution in [1.29, 1.82) is 0 Å². The molecule has 2 aromatic heterocycles. The van der Waals surface area contributed by atoms with Gasteiger partial charge in [-0.3, -0.25) is 0 Å². The van der Waals surface area contributed by atoms with Crippen molar-refractivity contribution in [1.82, 2.24) is 19.9 Å². The van der Waals surface area contributed by atoms with Crippen molar-refractivity contribution >= 4 is 29.0 Å². The number of rotatable bonds is 5. The Balaban J connectivity index is 1.58. The number of carbonyl (C=O) groups excluding carboxylic acids is 1. The van der Waals surface area contributed by atoms with E-state index in [0.29, 0.717) is 16.5 Å². The first-order chi connectivity index (χ1) is 14.5. The third kappa shape index (κ3) is 4.21. The van der Waals surface area contributed by atoms with E-state index in [2.05, 4.69) is 15.7 Å². The van der Waals surface area contributed by atoms with E-state index < -0.39 is 0 Å². The maximum absolute atomic E-state index is 12.4. The molecule has 2 amide bonds. The molecule has 0 bridgehead atoms. The highest BCUT2D eigenvalue weighted by atomic mass is 35.5. The van der Waals surface area contributed by atoms with Crippen LogP contribution in [0.5, 0.6) is 5.75 Å². The fourth-order valence-corrected chi connectivity index (χ4v) is 3.21. The number of hydrogen-bond donors (Lipinski definition) is 2. The summed E-state index contributed by atoms with van der Waals surface area (Å²) in [5, 5.41) is 10.4. The molecule has 0 fully saturated rings. The number of nitrogens with zero attached hydrogens (tertiary/aromatic N) is 3. The summed E-state index contributed by atoms with van der Waals surface area (Å²) in [6.45, 7) is 2.25. The van der Waals surface area contributed by atoms with E-state index in [1.807, 2.05) is 31.2 Å². The minimum absolute atomic E-state index is 0.222. The summed E-state index contributed by atoms with van der Waals surface area (Å²) >= 11 is 6.09. The molecule has 0 aliphatic rings. The molecule has 0 atom stereocenters. The van der Waals surface area contributed by atoms with E-state index in [0.717, 1.165) is 28.3 Å². The van der Waals surface area contributed by atoms with Gasteiger partial charge in [0.1, 0.15) is 10.9 Å². The standard InChI is InChI=1S/C22H20ClN5O2/c1-14-3-5-15(6-4-14)21-18(28-20(26-21)12-11-19(23)27-28)13-24-22(29)25-16-7-9-17(30-2)10-8-16/h3-12H,13H2,1-2H3,(H2,24,25,29). The molecule has 8 heteroatoms. The highest BCUT2D eigenvalue weighted by Gasteiger charge is 2.16. The Morgan fingerprint density at radius 2 is 1.80 bits per heavy atom. The number of ether oxygens (including phenoxy) is 1. The second kappa shape index (κ2) is 8.42. The SMILES string of the molecule is COc1ccc(NC(=O)NCc2c(-c3ccc(C)cc3)nc3ccc(Cl)nn23)cc1. The first kappa shape index (κ1) is 19.7. The summed E-state index contributed by atoms with van der Waals surface area (Å²) in [5.41, 5.74) is 4.89. The zero-order chi connectivity index (χ0) is 21.1. The van der Waals surface area contributed by atoms with E-state index in [-0.39, 0.29) is 12.6 Å². The van der Waals surface area contributed by atoms with E-state index in [9.17, 15) is 4.79 Å². The molecule has 0 spiro atoms. The van der Waals surface area contributed by atoms with Crippen LogP contribution in [0.4, 0.5) is 10.5 Å². The van der Waals surface area contributed by atoms with Gasteiger partial charge >= 0.3 is 6.03 Å². The van der Waals surface area contributed by atoms with Gasteiger partial charge < -0.3 is 15.4 Å². The van der Waals surface area contributed by atoms with Crippen LogP contribution in [-0.2, 0) is 6.54 Å². The van der Waals surface area contributed by atoms with Crippen molar-refractivity contribution in [3.63, 3.8) is 0 Å². The van der Waals surface area contributed by atoms with Crippen molar-refractivity contribution in [3.05, 3.63) is 77.1 Å². The number of amides is 2. The van der Waals surface area contributed by atoms with Crippen molar-refractivity contribution in [2.24, 2.45) is 0 Å². The van der Waals surface area contributed by atoms with E-state index in [1.54, 1.807) is 48.0 Å². The van der Waals surface area contributed by atoms with Crippen LogP contribution in [0, 0.1) is 6.92 Å². The van der Waals surface area contributed by atoms with Gasteiger partial charge in [-0.25, -0.2) is 14.3 Å². The van der Waals surface area contributed by atoms with Crippen LogP contribution < -0.4 is 15.4 Å². The van der Waals surface area contributed by atoms with Gasteiger partial charge in [0.05, 0.1) is 25.0 Å². The van der Waals surface area contributed by atoms with Crippen molar-refractivity contribution in [2.75, 3.05) is 12.4 Å². The Morgan fingerprint density at radius 3 is 2.50 bits per heavy atom. The summed E-state index contributed by atoms with van der Waals surface area (Å²) in [7, 11) is 1.59. The quantitative estimate of drug-likeness (QED) is 0.490. The first-order valence-electron chi connectivity index (χ1n) is 9.33. The number of anilines is 1. The number of aryl methyl sites for hydroxylation is 1. The average Bonchev–Trinajstić information content (AvgIpc) is 3.11. The third-order valence-corrected chi connectivity index (χ3v) is 4.83. The number of imidazole rings is 1. The minimum atomic E-state index is -0.341. The van der Waals surface area contributed by atoms with Gasteiger partial charge in [-0.05, 0) is 43.3 Å². The van der Waals surface area contributed by atoms with Gasteiger partial charge in [-0.15, -0.1) is 0 Å². The molecule has 0 aliphatic heterocycles. The normalized spacial score (nSPS) is 10.8. The molecule has 4 rings (SSSR count). The molecule has 0 unspecified atom stereocenters. The number of carbonyl (C=O) groups is 1. The van der Waals surface area contributed by atoms with Crippen LogP contribution in [0.2, 0.25) is 5.15 Å². The Hall–Kier alpha value is -3.58. The van der Waals surface area contributed by atoms with Crippen LogP contribution in [0.1, 0.15) is 11.3 Å². The summed E-state index contributed by atoms with van der Waals surface area (Å²) in [5.74, 6) is 0.720. The van der Waals surface area contributed by atoms with Gasteiger partial charge in [-0.2, -0.15) is 5.10 Å². The number of aromatic nitrogens is 3. The molecule has 0 aliphatic carbocycles. The molecule has 7 nitrogen and oxygen atoms in total. The van der Waals surface area contributed by atoms with Gasteiger partial charge in [0.25, 0.3) is 0 Å². The maximum atomic E-state index is 12.4. The van der Waals surface area contributed by atoms with Crippen LogP contribution in [0.3, 0.4) is 0 Å². The largest absolute Gasteiger partial charge is 0.497 e. The fraction of sp³-hybridized carbons (Fsp3) is 0.136. The van der Waals surface area contributed by atoms with Crippen LogP contribution >= 0.6 is 11.6 Å². The number of fused-ring (bicyclic) bond motifs is 1. The van der Waals surface area contributed by atoms with Gasteiger partial charge in [0.15, 0.2) is 5.65 Å². The lowest BCUT2D eigenvalue weighted by molar-refractivity contribution is 0.251. The van der Waals surface area contributed by atoms with E-state index >= 15 is 0 Å². The number of hydrogen-bond acceptors (Lipinski definition) is 4. The summed E-state index contributed by atoms with van der Waals surface area (Å²) in [4.78, 5) is 17.1. The molecule has 0 saturated heterocycles. The molecule has 4 aromatic rings. The Bertz CT molecular complexity index is 1190. The summed E-state index contributed by atoms with van der Waals surface area (Å²) in [6, 6.07) is 18.3. The molecular formula is C22H20ClN5O2. The molecule has 2 N–H and O–H groups in total. The number of urea groups is 1. The minimum Gasteiger partial charge on any atom is -0.497 e. The highest BCUT2D eigenvalue weighted by Crippen LogP contribution is 2.25. The Morgan fingerprint density at radius 1 is 1.07 bits per heavy atom. The van der Waals surface area contributed by atoms with E-state index in [4.69, 9.17) is 21.3 Å². The molecule has 30 heavy (non-hydrogen) atoms. The fourth-order valence-electron chi connectivity index (χ4n) is 3.07. The molecular weight excluding hydrogens is 402 g/mol.